The predicted molar refractivity (Wildman–Crippen MR) is 87.6 cm³/mol. The summed E-state index contributed by atoms with van der Waals surface area (Å²) in [6.45, 7) is 6.00. The Balaban J connectivity index is 1.49. The van der Waals surface area contributed by atoms with E-state index in [1.165, 1.54) is 0 Å². The van der Waals surface area contributed by atoms with Crippen LogP contribution in [0.25, 0.3) is 0 Å². The zero-order valence-electron chi connectivity index (χ0n) is 13.6. The minimum atomic E-state index is -0.353. The minimum Gasteiger partial charge on any atom is -0.377 e. The third-order valence-electron chi connectivity index (χ3n) is 4.46. The molecule has 128 valence electrons. The molecule has 0 aliphatic carbocycles. The number of nitrogens with one attached hydrogen (secondary N) is 1. The number of hydrogen-bond donors (Lipinski definition) is 1. The van der Waals surface area contributed by atoms with Crippen molar-refractivity contribution in [3.63, 3.8) is 0 Å². The Bertz CT molecular complexity index is 637. The van der Waals surface area contributed by atoms with E-state index in [0.717, 1.165) is 44.4 Å². The molecule has 0 saturated carbocycles. The van der Waals surface area contributed by atoms with Gasteiger partial charge < -0.3 is 14.4 Å². The van der Waals surface area contributed by atoms with Crippen molar-refractivity contribution in [2.75, 3.05) is 50.9 Å². The second kappa shape index (κ2) is 6.84. The average Bonchev–Trinajstić information content (AvgIpc) is 3.05. The van der Waals surface area contributed by atoms with Crippen LogP contribution in [-0.4, -0.2) is 76.7 Å². The molecule has 1 atom stereocenters. The van der Waals surface area contributed by atoms with E-state index in [2.05, 4.69) is 30.0 Å². The third kappa shape index (κ3) is 3.40. The van der Waals surface area contributed by atoms with Crippen LogP contribution in [0.4, 0.5) is 5.95 Å². The summed E-state index contributed by atoms with van der Waals surface area (Å²) in [5.41, 5.74) is 0.750. The number of anilines is 1. The molecule has 1 N–H and O–H groups in total. The first-order valence-corrected chi connectivity index (χ1v) is 8.27. The first-order chi connectivity index (χ1) is 11.8. The molecule has 2 fully saturated rings. The fourth-order valence-corrected chi connectivity index (χ4v) is 3.39. The standard InChI is InChI=1S/C16H22N6O2/c1-3-17-15(18-4-1)22-7-9-24-16(12-22)11-21(6-8-23-13-16)10-14-2-5-19-20-14/h1-5H,6-13H2,(H,19,20). The fourth-order valence-electron chi connectivity index (χ4n) is 3.39. The van der Waals surface area contributed by atoms with Gasteiger partial charge in [0.1, 0.15) is 5.60 Å². The molecule has 0 amide bonds. The van der Waals surface area contributed by atoms with Crippen molar-refractivity contribution < 1.29 is 9.47 Å². The van der Waals surface area contributed by atoms with Crippen molar-refractivity contribution in [3.05, 3.63) is 36.4 Å². The van der Waals surface area contributed by atoms with Gasteiger partial charge in [0.05, 0.1) is 26.4 Å². The maximum absolute atomic E-state index is 6.20. The van der Waals surface area contributed by atoms with E-state index in [1.807, 2.05) is 12.1 Å². The quantitative estimate of drug-likeness (QED) is 0.867. The van der Waals surface area contributed by atoms with Gasteiger partial charge >= 0.3 is 0 Å². The van der Waals surface area contributed by atoms with Crippen LogP contribution in [0.1, 0.15) is 5.69 Å². The van der Waals surface area contributed by atoms with Crippen LogP contribution in [0.15, 0.2) is 30.7 Å². The Morgan fingerprint density at radius 3 is 2.88 bits per heavy atom. The Labute approximate surface area is 140 Å². The lowest BCUT2D eigenvalue weighted by Crippen LogP contribution is -2.59. The van der Waals surface area contributed by atoms with Gasteiger partial charge in [-0.3, -0.25) is 10.00 Å². The smallest absolute Gasteiger partial charge is 0.225 e. The summed E-state index contributed by atoms with van der Waals surface area (Å²) in [7, 11) is 0. The summed E-state index contributed by atoms with van der Waals surface area (Å²) in [6.07, 6.45) is 5.34. The molecule has 4 heterocycles. The molecule has 8 heteroatoms. The van der Waals surface area contributed by atoms with Gasteiger partial charge in [0.15, 0.2) is 0 Å². The van der Waals surface area contributed by atoms with Gasteiger partial charge in [-0.05, 0) is 12.1 Å². The van der Waals surface area contributed by atoms with Gasteiger partial charge in [0.25, 0.3) is 0 Å². The van der Waals surface area contributed by atoms with Gasteiger partial charge in [-0.2, -0.15) is 5.10 Å². The van der Waals surface area contributed by atoms with Crippen molar-refractivity contribution in [2.24, 2.45) is 0 Å². The Morgan fingerprint density at radius 2 is 2.04 bits per heavy atom. The maximum Gasteiger partial charge on any atom is 0.225 e. The van der Waals surface area contributed by atoms with Gasteiger partial charge in [-0.25, -0.2) is 9.97 Å². The van der Waals surface area contributed by atoms with E-state index < -0.39 is 0 Å². The monoisotopic (exact) mass is 330 g/mol. The number of morpholine rings is 1. The molecule has 4 rings (SSSR count). The molecule has 2 aliphatic rings. The number of aromatic amines is 1. The van der Waals surface area contributed by atoms with E-state index in [1.54, 1.807) is 18.6 Å². The summed E-state index contributed by atoms with van der Waals surface area (Å²) in [4.78, 5) is 13.3. The molecule has 8 nitrogen and oxygen atoms in total. The van der Waals surface area contributed by atoms with Crippen molar-refractivity contribution in [1.29, 1.82) is 0 Å². The van der Waals surface area contributed by atoms with Crippen LogP contribution in [0.3, 0.4) is 0 Å². The summed E-state index contributed by atoms with van der Waals surface area (Å²) in [6, 6.07) is 3.84. The molecule has 2 saturated heterocycles. The number of rotatable bonds is 3. The lowest BCUT2D eigenvalue weighted by molar-refractivity contribution is -0.100. The Morgan fingerprint density at radius 1 is 1.12 bits per heavy atom. The van der Waals surface area contributed by atoms with Crippen LogP contribution in [0, 0.1) is 0 Å². The first kappa shape index (κ1) is 15.5. The molecule has 2 aromatic rings. The molecule has 1 unspecified atom stereocenters. The van der Waals surface area contributed by atoms with Crippen LogP contribution in [0.2, 0.25) is 0 Å². The largest absolute Gasteiger partial charge is 0.377 e. The number of aromatic nitrogens is 4. The van der Waals surface area contributed by atoms with Gasteiger partial charge in [-0.1, -0.05) is 0 Å². The highest BCUT2D eigenvalue weighted by atomic mass is 16.5. The topological polar surface area (TPSA) is 79.4 Å². The van der Waals surface area contributed by atoms with Crippen LogP contribution in [0.5, 0.6) is 0 Å². The maximum atomic E-state index is 6.20. The summed E-state index contributed by atoms with van der Waals surface area (Å²) >= 11 is 0. The first-order valence-electron chi connectivity index (χ1n) is 8.27. The van der Waals surface area contributed by atoms with Crippen LogP contribution < -0.4 is 4.90 Å². The number of ether oxygens (including phenoxy) is 2. The highest BCUT2D eigenvalue weighted by Gasteiger charge is 2.41. The summed E-state index contributed by atoms with van der Waals surface area (Å²) < 4.78 is 12.1. The van der Waals surface area contributed by atoms with Crippen molar-refractivity contribution in [2.45, 2.75) is 12.1 Å². The minimum absolute atomic E-state index is 0.353. The average molecular weight is 330 g/mol. The SMILES string of the molecule is c1cnc(N2CCOC3(COCCN(Cc4ccn[nH]4)C3)C2)nc1. The normalized spacial score (nSPS) is 25.8. The van der Waals surface area contributed by atoms with Crippen LogP contribution in [-0.2, 0) is 16.0 Å². The Hall–Kier alpha value is -2.03. The molecule has 0 radical (unpaired) electrons. The van der Waals surface area contributed by atoms with Crippen molar-refractivity contribution in [1.82, 2.24) is 25.1 Å². The van der Waals surface area contributed by atoms with E-state index >= 15 is 0 Å². The Kier molecular flexibility index (Phi) is 4.42. The number of H-pyrrole nitrogens is 1. The number of hydrogen-bond acceptors (Lipinski definition) is 7. The molecule has 0 aromatic carbocycles. The van der Waals surface area contributed by atoms with Crippen molar-refractivity contribution >= 4 is 5.95 Å². The molecule has 1 spiro atoms. The van der Waals surface area contributed by atoms with Crippen molar-refractivity contribution in [3.8, 4) is 0 Å². The van der Waals surface area contributed by atoms with E-state index in [-0.39, 0.29) is 5.60 Å². The molecule has 2 aromatic heterocycles. The summed E-state index contributed by atoms with van der Waals surface area (Å²) in [5, 5.41) is 7.06. The lowest BCUT2D eigenvalue weighted by atomic mass is 10.0. The third-order valence-corrected chi connectivity index (χ3v) is 4.46. The number of nitrogens with zero attached hydrogens (tertiary/aromatic N) is 5. The molecule has 24 heavy (non-hydrogen) atoms. The van der Waals surface area contributed by atoms with E-state index in [9.17, 15) is 0 Å². The zero-order valence-corrected chi connectivity index (χ0v) is 13.6. The molecular formula is C16H22N6O2. The second-order valence-corrected chi connectivity index (χ2v) is 6.35. The summed E-state index contributed by atoms with van der Waals surface area (Å²) in [5.74, 6) is 0.754. The lowest BCUT2D eigenvalue weighted by Gasteiger charge is -2.43. The van der Waals surface area contributed by atoms with Gasteiger partial charge in [0, 0.05) is 50.5 Å². The van der Waals surface area contributed by atoms with E-state index in [4.69, 9.17) is 9.47 Å². The predicted octanol–water partition coefficient (Wildman–Crippen LogP) is 0.307. The molecular weight excluding hydrogens is 308 g/mol. The molecule has 2 aliphatic heterocycles. The second-order valence-electron chi connectivity index (χ2n) is 6.35. The highest BCUT2D eigenvalue weighted by molar-refractivity contribution is 5.30. The van der Waals surface area contributed by atoms with Crippen LogP contribution >= 0.6 is 0 Å². The van der Waals surface area contributed by atoms with Gasteiger partial charge in [0.2, 0.25) is 5.95 Å². The van der Waals surface area contributed by atoms with Gasteiger partial charge in [-0.15, -0.1) is 0 Å². The van der Waals surface area contributed by atoms with E-state index in [0.29, 0.717) is 19.8 Å². The fraction of sp³-hybridized carbons (Fsp3) is 0.562. The molecule has 0 bridgehead atoms. The zero-order chi connectivity index (χ0) is 16.2. The highest BCUT2D eigenvalue weighted by Crippen LogP contribution is 2.25.